The Morgan fingerprint density at radius 1 is 1.07 bits per heavy atom. The summed E-state index contributed by atoms with van der Waals surface area (Å²) in [5.74, 6) is 0.570. The van der Waals surface area contributed by atoms with Crippen molar-refractivity contribution in [1.29, 1.82) is 0 Å². The number of hydrogen-bond acceptors (Lipinski definition) is 3. The standard InChI is InChI=1S/C23H21BrClNO3/c1-3-28-21-13-17(23(27)26-20-7-5-4-6-18(20)24)12-19(25)22(21)29-14-16-10-8-15(2)9-11-16/h4-13H,3,14H2,1-2H3,(H,26,27). The predicted octanol–water partition coefficient (Wildman–Crippen LogP) is 6.64. The highest BCUT2D eigenvalue weighted by atomic mass is 79.9. The van der Waals surface area contributed by atoms with E-state index in [0.29, 0.717) is 41.0 Å². The molecule has 0 aromatic heterocycles. The first-order valence-corrected chi connectivity index (χ1v) is 10.4. The van der Waals surface area contributed by atoms with Crippen LogP contribution in [0.5, 0.6) is 11.5 Å². The molecular formula is C23H21BrClNO3. The van der Waals surface area contributed by atoms with E-state index in [1.54, 1.807) is 12.1 Å². The minimum atomic E-state index is -0.287. The van der Waals surface area contributed by atoms with Gasteiger partial charge in [0.2, 0.25) is 0 Å². The summed E-state index contributed by atoms with van der Waals surface area (Å²) < 4.78 is 12.4. The molecule has 0 aliphatic rings. The highest BCUT2D eigenvalue weighted by Crippen LogP contribution is 2.37. The molecule has 1 N–H and O–H groups in total. The van der Waals surface area contributed by atoms with Gasteiger partial charge in [0.1, 0.15) is 6.61 Å². The lowest BCUT2D eigenvalue weighted by atomic mass is 10.1. The lowest BCUT2D eigenvalue weighted by Crippen LogP contribution is -2.13. The zero-order valence-corrected chi connectivity index (χ0v) is 18.5. The van der Waals surface area contributed by atoms with Crippen LogP contribution in [-0.4, -0.2) is 12.5 Å². The zero-order chi connectivity index (χ0) is 20.8. The van der Waals surface area contributed by atoms with Gasteiger partial charge in [-0.25, -0.2) is 0 Å². The Morgan fingerprint density at radius 3 is 2.48 bits per heavy atom. The van der Waals surface area contributed by atoms with E-state index in [9.17, 15) is 4.79 Å². The maximum absolute atomic E-state index is 12.7. The van der Waals surface area contributed by atoms with Gasteiger partial charge >= 0.3 is 0 Å². The number of aryl methyl sites for hydroxylation is 1. The van der Waals surface area contributed by atoms with Crippen LogP contribution in [0.4, 0.5) is 5.69 Å². The number of nitrogens with one attached hydrogen (secondary N) is 1. The smallest absolute Gasteiger partial charge is 0.255 e. The van der Waals surface area contributed by atoms with E-state index in [1.807, 2.05) is 62.4 Å². The van der Waals surface area contributed by atoms with Gasteiger partial charge in [-0.1, -0.05) is 53.6 Å². The van der Waals surface area contributed by atoms with Crippen molar-refractivity contribution in [2.45, 2.75) is 20.5 Å². The molecule has 0 unspecified atom stereocenters. The van der Waals surface area contributed by atoms with Crippen molar-refractivity contribution < 1.29 is 14.3 Å². The zero-order valence-electron chi connectivity index (χ0n) is 16.2. The predicted molar refractivity (Wildman–Crippen MR) is 120 cm³/mol. The van der Waals surface area contributed by atoms with Gasteiger partial charge in [-0.3, -0.25) is 4.79 Å². The molecule has 3 rings (SSSR count). The largest absolute Gasteiger partial charge is 0.490 e. The third-order valence-electron chi connectivity index (χ3n) is 4.20. The summed E-state index contributed by atoms with van der Waals surface area (Å²) in [5, 5.41) is 3.18. The summed E-state index contributed by atoms with van der Waals surface area (Å²) in [4.78, 5) is 12.7. The number of halogens is 2. The van der Waals surface area contributed by atoms with E-state index in [2.05, 4.69) is 21.2 Å². The van der Waals surface area contributed by atoms with Crippen molar-refractivity contribution in [1.82, 2.24) is 0 Å². The van der Waals surface area contributed by atoms with Gasteiger partial charge in [0.25, 0.3) is 5.91 Å². The Balaban J connectivity index is 1.82. The molecule has 0 radical (unpaired) electrons. The molecule has 0 saturated carbocycles. The summed E-state index contributed by atoms with van der Waals surface area (Å²) in [6.07, 6.45) is 0. The van der Waals surface area contributed by atoms with Crippen LogP contribution < -0.4 is 14.8 Å². The van der Waals surface area contributed by atoms with Crippen molar-refractivity contribution in [3.8, 4) is 11.5 Å². The number of benzene rings is 3. The highest BCUT2D eigenvalue weighted by molar-refractivity contribution is 9.10. The van der Waals surface area contributed by atoms with Crippen molar-refractivity contribution in [2.24, 2.45) is 0 Å². The molecule has 0 saturated heterocycles. The molecule has 0 atom stereocenters. The lowest BCUT2D eigenvalue weighted by molar-refractivity contribution is 0.102. The molecule has 4 nitrogen and oxygen atoms in total. The fraction of sp³-hybridized carbons (Fsp3) is 0.174. The number of amides is 1. The Morgan fingerprint density at radius 2 is 1.79 bits per heavy atom. The second-order valence-electron chi connectivity index (χ2n) is 6.43. The van der Waals surface area contributed by atoms with E-state index in [1.165, 1.54) is 5.56 Å². The number of carbonyl (C=O) groups is 1. The summed E-state index contributed by atoms with van der Waals surface area (Å²) in [5.41, 5.74) is 3.26. The molecule has 0 bridgehead atoms. The van der Waals surface area contributed by atoms with Gasteiger partial charge in [-0.2, -0.15) is 0 Å². The van der Waals surface area contributed by atoms with Crippen molar-refractivity contribution in [3.63, 3.8) is 0 Å². The molecule has 3 aromatic rings. The van der Waals surface area contributed by atoms with Gasteiger partial charge in [-0.15, -0.1) is 0 Å². The van der Waals surface area contributed by atoms with E-state index in [4.69, 9.17) is 21.1 Å². The SMILES string of the molecule is CCOc1cc(C(=O)Nc2ccccc2Br)cc(Cl)c1OCc1ccc(C)cc1. The average Bonchev–Trinajstić information content (AvgIpc) is 2.70. The first-order chi connectivity index (χ1) is 14.0. The summed E-state index contributed by atoms with van der Waals surface area (Å²) >= 11 is 9.87. The van der Waals surface area contributed by atoms with Gasteiger partial charge in [0, 0.05) is 10.0 Å². The van der Waals surface area contributed by atoms with Crippen molar-refractivity contribution in [3.05, 3.63) is 86.8 Å². The monoisotopic (exact) mass is 473 g/mol. The van der Waals surface area contributed by atoms with Crippen LogP contribution in [0.3, 0.4) is 0 Å². The molecule has 6 heteroatoms. The topological polar surface area (TPSA) is 47.6 Å². The molecular weight excluding hydrogens is 454 g/mol. The normalized spacial score (nSPS) is 10.5. The quantitative estimate of drug-likeness (QED) is 0.417. The van der Waals surface area contributed by atoms with Gasteiger partial charge in [-0.05, 0) is 59.6 Å². The Labute approximate surface area is 183 Å². The second-order valence-corrected chi connectivity index (χ2v) is 7.69. The summed E-state index contributed by atoms with van der Waals surface area (Å²) in [6, 6.07) is 18.7. The number of ether oxygens (including phenoxy) is 2. The number of rotatable bonds is 7. The molecule has 0 aliphatic heterocycles. The molecule has 0 fully saturated rings. The van der Waals surface area contributed by atoms with Gasteiger partial charge < -0.3 is 14.8 Å². The average molecular weight is 475 g/mol. The number of anilines is 1. The van der Waals surface area contributed by atoms with Gasteiger partial charge in [0.15, 0.2) is 11.5 Å². The minimum Gasteiger partial charge on any atom is -0.490 e. The Kier molecular flexibility index (Phi) is 7.18. The first kappa shape index (κ1) is 21.2. The van der Waals surface area contributed by atoms with Crippen LogP contribution in [0.15, 0.2) is 65.1 Å². The Bertz CT molecular complexity index is 1010. The fourth-order valence-corrected chi connectivity index (χ4v) is 3.35. The third kappa shape index (κ3) is 5.52. The van der Waals surface area contributed by atoms with E-state index in [0.717, 1.165) is 10.0 Å². The van der Waals surface area contributed by atoms with E-state index < -0.39 is 0 Å². The molecule has 0 aliphatic carbocycles. The van der Waals surface area contributed by atoms with Crippen molar-refractivity contribution in [2.75, 3.05) is 11.9 Å². The van der Waals surface area contributed by atoms with Crippen LogP contribution >= 0.6 is 27.5 Å². The van der Waals surface area contributed by atoms with Crippen LogP contribution in [0, 0.1) is 6.92 Å². The Hall–Kier alpha value is -2.50. The van der Waals surface area contributed by atoms with Crippen LogP contribution in [0.2, 0.25) is 5.02 Å². The maximum Gasteiger partial charge on any atom is 0.255 e. The molecule has 29 heavy (non-hydrogen) atoms. The third-order valence-corrected chi connectivity index (χ3v) is 5.17. The molecule has 150 valence electrons. The van der Waals surface area contributed by atoms with Crippen LogP contribution in [0.1, 0.15) is 28.4 Å². The number of carbonyl (C=O) groups excluding carboxylic acids is 1. The molecule has 1 amide bonds. The summed E-state index contributed by atoms with van der Waals surface area (Å²) in [7, 11) is 0. The van der Waals surface area contributed by atoms with Gasteiger partial charge in [0.05, 0.1) is 17.3 Å². The maximum atomic E-state index is 12.7. The second kappa shape index (κ2) is 9.81. The molecule has 0 spiro atoms. The number of hydrogen-bond donors (Lipinski definition) is 1. The van der Waals surface area contributed by atoms with Crippen LogP contribution in [0.25, 0.3) is 0 Å². The van der Waals surface area contributed by atoms with E-state index >= 15 is 0 Å². The summed E-state index contributed by atoms with van der Waals surface area (Å²) in [6.45, 7) is 4.67. The van der Waals surface area contributed by atoms with Crippen LogP contribution in [-0.2, 0) is 6.61 Å². The molecule has 0 heterocycles. The van der Waals surface area contributed by atoms with E-state index in [-0.39, 0.29) is 5.91 Å². The molecule has 3 aromatic carbocycles. The first-order valence-electron chi connectivity index (χ1n) is 9.18. The number of para-hydroxylation sites is 1. The fourth-order valence-electron chi connectivity index (χ4n) is 2.70. The van der Waals surface area contributed by atoms with Crippen molar-refractivity contribution >= 4 is 39.1 Å². The highest BCUT2D eigenvalue weighted by Gasteiger charge is 2.17. The lowest BCUT2D eigenvalue weighted by Gasteiger charge is -2.15. The minimum absolute atomic E-state index is 0.287.